The molecule has 0 saturated heterocycles. The molecule has 8 heteroatoms. The Morgan fingerprint density at radius 3 is 2.74 bits per heavy atom. The molecule has 1 aromatic rings. The first kappa shape index (κ1) is 15.9. The molecule has 0 N–H and O–H groups in total. The Bertz CT molecular complexity index is 587. The van der Waals surface area contributed by atoms with Crippen molar-refractivity contribution in [2.75, 3.05) is 19.8 Å². The molecule has 0 fully saturated rings. The lowest BCUT2D eigenvalue weighted by Crippen LogP contribution is -2.14. The molecule has 0 radical (unpaired) electrons. The molecule has 1 heterocycles. The summed E-state index contributed by atoms with van der Waals surface area (Å²) in [5.74, 6) is 0.0165. The van der Waals surface area contributed by atoms with Gasteiger partial charge in [-0.2, -0.15) is 8.42 Å². The van der Waals surface area contributed by atoms with Crippen LogP contribution in [0.3, 0.4) is 0 Å². The average Bonchev–Trinajstić information content (AvgIpc) is 2.29. The van der Waals surface area contributed by atoms with Crippen LogP contribution in [-0.4, -0.2) is 44.5 Å². The highest BCUT2D eigenvalue weighted by Gasteiger charge is 2.12. The van der Waals surface area contributed by atoms with Crippen molar-refractivity contribution in [3.8, 4) is 5.88 Å². The van der Waals surface area contributed by atoms with Crippen LogP contribution in [0, 0.1) is 6.92 Å². The molecule has 0 unspecified atom stereocenters. The van der Waals surface area contributed by atoms with Gasteiger partial charge in [-0.1, -0.05) is 0 Å². The number of hydrogen-bond donors (Lipinski definition) is 0. The minimum absolute atomic E-state index is 0.0165. The van der Waals surface area contributed by atoms with Crippen molar-refractivity contribution in [2.24, 2.45) is 4.99 Å². The molecule has 6 nitrogen and oxygen atoms in total. The van der Waals surface area contributed by atoms with E-state index < -0.39 is 10.1 Å². The van der Waals surface area contributed by atoms with Gasteiger partial charge in [-0.05, 0) is 35.8 Å². The summed E-state index contributed by atoms with van der Waals surface area (Å²) < 4.78 is 27.4. The van der Waals surface area contributed by atoms with Crippen LogP contribution in [0.5, 0.6) is 5.88 Å². The highest BCUT2D eigenvalue weighted by atomic mass is 79.9. The zero-order valence-electron chi connectivity index (χ0n) is 11.2. The van der Waals surface area contributed by atoms with Gasteiger partial charge in [-0.15, -0.1) is 0 Å². The Kier molecular flexibility index (Phi) is 5.30. The van der Waals surface area contributed by atoms with E-state index in [9.17, 15) is 8.42 Å². The molecule has 0 spiro atoms. The first-order valence-electron chi connectivity index (χ1n) is 5.54. The molecule has 0 amide bonds. The third-order valence-corrected chi connectivity index (χ3v) is 3.26. The lowest BCUT2D eigenvalue weighted by molar-refractivity contribution is 0.480. The van der Waals surface area contributed by atoms with Gasteiger partial charge in [0, 0.05) is 13.6 Å². The fourth-order valence-corrected chi connectivity index (χ4v) is 2.03. The lowest BCUT2D eigenvalue weighted by atomic mass is 10.3. The predicted octanol–water partition coefficient (Wildman–Crippen LogP) is 2.10. The predicted molar refractivity (Wildman–Crippen MR) is 78.6 cm³/mol. The van der Waals surface area contributed by atoms with E-state index in [1.807, 2.05) is 18.9 Å². The van der Waals surface area contributed by atoms with Gasteiger partial charge in [-0.25, -0.2) is 9.98 Å². The van der Waals surface area contributed by atoms with Gasteiger partial charge in [0.2, 0.25) is 5.88 Å². The molecule has 0 atom stereocenters. The maximum atomic E-state index is 11.1. The van der Waals surface area contributed by atoms with Crippen LogP contribution in [0.15, 0.2) is 15.5 Å². The summed E-state index contributed by atoms with van der Waals surface area (Å²) in [6, 6.07) is 1.67. The first-order chi connectivity index (χ1) is 8.73. The minimum atomic E-state index is -3.60. The molecule has 0 bridgehead atoms. The summed E-state index contributed by atoms with van der Waals surface area (Å²) in [4.78, 5) is 10.3. The summed E-state index contributed by atoms with van der Waals surface area (Å²) in [5, 5.41) is 0. The molecule has 0 aliphatic carbocycles. The molecule has 0 saturated carbocycles. The number of nitrogens with zero attached hydrogens (tertiary/aromatic N) is 3. The van der Waals surface area contributed by atoms with Crippen molar-refractivity contribution in [1.29, 1.82) is 0 Å². The zero-order chi connectivity index (χ0) is 14.6. The second-order valence-corrected chi connectivity index (χ2v) is 6.41. The van der Waals surface area contributed by atoms with E-state index in [0.29, 0.717) is 15.9 Å². The smallest absolute Gasteiger partial charge is 0.307 e. The van der Waals surface area contributed by atoms with Crippen molar-refractivity contribution in [2.45, 2.75) is 13.8 Å². The van der Waals surface area contributed by atoms with E-state index in [4.69, 9.17) is 4.18 Å². The fraction of sp³-hybridized carbons (Fsp3) is 0.455. The third kappa shape index (κ3) is 5.15. The number of aliphatic imine (C=N–C) groups is 1. The van der Waals surface area contributed by atoms with Crippen molar-refractivity contribution >= 4 is 38.1 Å². The summed E-state index contributed by atoms with van der Waals surface area (Å²) >= 11 is 3.22. The number of rotatable bonds is 5. The van der Waals surface area contributed by atoms with E-state index in [0.717, 1.165) is 12.8 Å². The lowest BCUT2D eigenvalue weighted by Gasteiger charge is -2.10. The number of pyridine rings is 1. The van der Waals surface area contributed by atoms with Gasteiger partial charge in [0.15, 0.2) is 0 Å². The third-order valence-electron chi connectivity index (χ3n) is 2.23. The molecular formula is C11H16BrN3O3S. The van der Waals surface area contributed by atoms with Crippen LogP contribution in [0.4, 0.5) is 5.69 Å². The number of aromatic nitrogens is 1. The van der Waals surface area contributed by atoms with E-state index in [1.54, 1.807) is 19.3 Å². The largest absolute Gasteiger partial charge is 0.366 e. The van der Waals surface area contributed by atoms with E-state index in [-0.39, 0.29) is 5.88 Å². The van der Waals surface area contributed by atoms with Gasteiger partial charge < -0.3 is 9.08 Å². The van der Waals surface area contributed by atoms with E-state index >= 15 is 0 Å². The molecule has 106 valence electrons. The quantitative estimate of drug-likeness (QED) is 0.462. The molecule has 0 aliphatic heterocycles. The molecule has 0 aliphatic rings. The molecular weight excluding hydrogens is 334 g/mol. The van der Waals surface area contributed by atoms with Crippen LogP contribution in [0.1, 0.15) is 12.6 Å². The Morgan fingerprint density at radius 2 is 2.21 bits per heavy atom. The average molecular weight is 350 g/mol. The van der Waals surface area contributed by atoms with Crippen molar-refractivity contribution in [3.63, 3.8) is 0 Å². The van der Waals surface area contributed by atoms with Crippen LogP contribution in [-0.2, 0) is 10.1 Å². The molecule has 0 aromatic carbocycles. The summed E-state index contributed by atoms with van der Waals surface area (Å²) in [7, 11) is -1.69. The van der Waals surface area contributed by atoms with Gasteiger partial charge in [0.25, 0.3) is 0 Å². The van der Waals surface area contributed by atoms with E-state index in [2.05, 4.69) is 25.9 Å². The minimum Gasteiger partial charge on any atom is -0.366 e. The number of hydrogen-bond acceptors (Lipinski definition) is 5. The second-order valence-electron chi connectivity index (χ2n) is 3.99. The maximum absolute atomic E-state index is 11.1. The van der Waals surface area contributed by atoms with Crippen molar-refractivity contribution in [1.82, 2.24) is 9.88 Å². The monoisotopic (exact) mass is 349 g/mol. The summed E-state index contributed by atoms with van der Waals surface area (Å²) in [6.45, 7) is 4.59. The van der Waals surface area contributed by atoms with Crippen LogP contribution >= 0.6 is 15.9 Å². The van der Waals surface area contributed by atoms with Gasteiger partial charge in [0.05, 0.1) is 28.4 Å². The highest BCUT2D eigenvalue weighted by Crippen LogP contribution is 2.30. The SMILES string of the molecule is CCN(C)C=Nc1cc(Br)c(OS(C)(=O)=O)nc1C. The zero-order valence-corrected chi connectivity index (χ0v) is 13.6. The van der Waals surface area contributed by atoms with Crippen molar-refractivity contribution < 1.29 is 12.6 Å². The normalized spacial score (nSPS) is 11.8. The number of aryl methyl sites for hydroxylation is 1. The molecule has 19 heavy (non-hydrogen) atoms. The number of halogens is 1. The van der Waals surface area contributed by atoms with Crippen LogP contribution in [0.25, 0.3) is 0 Å². The van der Waals surface area contributed by atoms with Crippen LogP contribution < -0.4 is 4.18 Å². The summed E-state index contributed by atoms with van der Waals surface area (Å²) in [6.07, 6.45) is 2.66. The highest BCUT2D eigenvalue weighted by molar-refractivity contribution is 9.10. The van der Waals surface area contributed by atoms with Crippen LogP contribution in [0.2, 0.25) is 0 Å². The Labute approximate surface area is 121 Å². The Hall–Kier alpha value is -1.15. The first-order valence-corrected chi connectivity index (χ1v) is 8.15. The standard InChI is InChI=1S/C11H16BrN3O3S/c1-5-15(3)7-13-10-6-9(12)11(14-8(10)2)18-19(4,16)17/h6-7H,5H2,1-4H3. The Balaban J connectivity index is 3.07. The topological polar surface area (TPSA) is 71.9 Å². The Morgan fingerprint density at radius 1 is 1.58 bits per heavy atom. The van der Waals surface area contributed by atoms with Gasteiger partial charge in [-0.3, -0.25) is 0 Å². The maximum Gasteiger partial charge on any atom is 0.307 e. The van der Waals surface area contributed by atoms with E-state index in [1.165, 1.54) is 0 Å². The summed E-state index contributed by atoms with van der Waals surface area (Å²) in [5.41, 5.74) is 1.23. The van der Waals surface area contributed by atoms with Gasteiger partial charge in [0.1, 0.15) is 0 Å². The molecule has 1 aromatic heterocycles. The second kappa shape index (κ2) is 6.33. The molecule has 1 rings (SSSR count). The van der Waals surface area contributed by atoms with Crippen molar-refractivity contribution in [3.05, 3.63) is 16.2 Å². The fourth-order valence-electron chi connectivity index (χ4n) is 1.12. The van der Waals surface area contributed by atoms with Gasteiger partial charge >= 0.3 is 10.1 Å².